The minimum absolute atomic E-state index is 0.0306. The molecule has 0 aliphatic carbocycles. The normalized spacial score (nSPS) is 12.8. The summed E-state index contributed by atoms with van der Waals surface area (Å²) in [6.07, 6.45) is 5.70. The highest BCUT2D eigenvalue weighted by atomic mass is 16.5. The maximum Gasteiger partial charge on any atom is 0.133 e. The van der Waals surface area contributed by atoms with Gasteiger partial charge in [-0.1, -0.05) is 33.6 Å². The fraction of sp³-hybridized carbons (Fsp3) is 0.933. The lowest BCUT2D eigenvalue weighted by Gasteiger charge is -2.33. The van der Waals surface area contributed by atoms with E-state index >= 15 is 0 Å². The topological polar surface area (TPSA) is 26.3 Å². The number of carbonyl (C=O) groups excluding carboxylic acids is 1. The van der Waals surface area contributed by atoms with E-state index in [0.29, 0.717) is 12.2 Å². The minimum Gasteiger partial charge on any atom is -0.379 e. The van der Waals surface area contributed by atoms with E-state index in [4.69, 9.17) is 4.74 Å². The quantitative estimate of drug-likeness (QED) is 0.561. The summed E-state index contributed by atoms with van der Waals surface area (Å²) in [6.45, 7) is 10.6. The number of unbranched alkanes of at least 4 members (excludes halogenated alkanes) is 2. The van der Waals surface area contributed by atoms with Gasteiger partial charge in [-0.2, -0.15) is 0 Å². The van der Waals surface area contributed by atoms with Crippen LogP contribution >= 0.6 is 0 Å². The molecule has 0 heterocycles. The maximum atomic E-state index is 11.9. The lowest BCUT2D eigenvalue weighted by Crippen LogP contribution is -2.31. The summed E-state index contributed by atoms with van der Waals surface area (Å²) in [5, 5.41) is 0. The predicted molar refractivity (Wildman–Crippen MR) is 73.3 cm³/mol. The van der Waals surface area contributed by atoms with Crippen molar-refractivity contribution in [2.75, 3.05) is 7.11 Å². The lowest BCUT2D eigenvalue weighted by molar-refractivity contribution is -0.122. The largest absolute Gasteiger partial charge is 0.379 e. The van der Waals surface area contributed by atoms with Crippen LogP contribution in [0.1, 0.15) is 73.1 Å². The predicted octanol–water partition coefficient (Wildman–Crippen LogP) is 4.37. The number of hydrogen-bond donors (Lipinski definition) is 0. The van der Waals surface area contributed by atoms with Gasteiger partial charge in [0.2, 0.25) is 0 Å². The molecule has 0 aromatic carbocycles. The minimum atomic E-state index is -0.146. The second-order valence-corrected chi connectivity index (χ2v) is 6.48. The molecule has 17 heavy (non-hydrogen) atoms. The van der Waals surface area contributed by atoms with Crippen LogP contribution in [0.25, 0.3) is 0 Å². The molecule has 0 saturated carbocycles. The smallest absolute Gasteiger partial charge is 0.133 e. The van der Waals surface area contributed by atoms with Crippen molar-refractivity contribution in [2.45, 2.75) is 78.7 Å². The van der Waals surface area contributed by atoms with Crippen LogP contribution in [-0.4, -0.2) is 18.5 Å². The molecule has 0 radical (unpaired) electrons. The Labute approximate surface area is 107 Å². The highest BCUT2D eigenvalue weighted by molar-refractivity contribution is 5.78. The first kappa shape index (κ1) is 16.6. The Bertz CT molecular complexity index is 229. The molecule has 0 spiro atoms. The van der Waals surface area contributed by atoms with E-state index in [0.717, 1.165) is 25.7 Å². The molecule has 2 heteroatoms. The van der Waals surface area contributed by atoms with Crippen molar-refractivity contribution < 1.29 is 9.53 Å². The monoisotopic (exact) mass is 242 g/mol. The van der Waals surface area contributed by atoms with Gasteiger partial charge < -0.3 is 4.74 Å². The van der Waals surface area contributed by atoms with E-state index in [2.05, 4.69) is 34.6 Å². The van der Waals surface area contributed by atoms with Crippen LogP contribution in [0.5, 0.6) is 0 Å². The van der Waals surface area contributed by atoms with E-state index in [9.17, 15) is 4.79 Å². The van der Waals surface area contributed by atoms with Crippen LogP contribution < -0.4 is 0 Å². The van der Waals surface area contributed by atoms with Gasteiger partial charge in [0.15, 0.2) is 0 Å². The second-order valence-electron chi connectivity index (χ2n) is 6.48. The summed E-state index contributed by atoms with van der Waals surface area (Å²) < 4.78 is 5.44. The summed E-state index contributed by atoms with van der Waals surface area (Å²) in [6, 6.07) is 0. The van der Waals surface area contributed by atoms with Crippen LogP contribution in [0.3, 0.4) is 0 Å². The highest BCUT2D eigenvalue weighted by Gasteiger charge is 2.30. The Balaban J connectivity index is 4.11. The lowest BCUT2D eigenvalue weighted by atomic mass is 9.77. The van der Waals surface area contributed by atoms with Crippen LogP contribution in [0, 0.1) is 5.41 Å². The SMILES string of the molecule is CCCCCC(=O)CC(C)(C)CC(C)(C)OC. The van der Waals surface area contributed by atoms with Gasteiger partial charge in [-0.25, -0.2) is 0 Å². The zero-order valence-corrected chi connectivity index (χ0v) is 12.6. The van der Waals surface area contributed by atoms with Crippen molar-refractivity contribution in [1.82, 2.24) is 0 Å². The van der Waals surface area contributed by atoms with Crippen molar-refractivity contribution >= 4 is 5.78 Å². The summed E-state index contributed by atoms with van der Waals surface area (Å²) in [4.78, 5) is 11.9. The van der Waals surface area contributed by atoms with E-state index in [1.165, 1.54) is 6.42 Å². The van der Waals surface area contributed by atoms with Gasteiger partial charge in [0.25, 0.3) is 0 Å². The number of ketones is 1. The third-order valence-electron chi connectivity index (χ3n) is 3.19. The van der Waals surface area contributed by atoms with Crippen LogP contribution in [0.2, 0.25) is 0 Å². The Kier molecular flexibility index (Phi) is 6.99. The average molecular weight is 242 g/mol. The molecule has 0 aromatic heterocycles. The molecule has 0 aromatic rings. The van der Waals surface area contributed by atoms with Crippen LogP contribution in [0.4, 0.5) is 0 Å². The van der Waals surface area contributed by atoms with Gasteiger partial charge in [-0.05, 0) is 32.1 Å². The highest BCUT2D eigenvalue weighted by Crippen LogP contribution is 2.33. The Morgan fingerprint density at radius 2 is 1.71 bits per heavy atom. The molecule has 2 nitrogen and oxygen atoms in total. The Hall–Kier alpha value is -0.370. The van der Waals surface area contributed by atoms with Crippen LogP contribution in [-0.2, 0) is 9.53 Å². The van der Waals surface area contributed by atoms with Gasteiger partial charge in [0.1, 0.15) is 5.78 Å². The number of carbonyl (C=O) groups is 1. The Morgan fingerprint density at radius 3 is 2.18 bits per heavy atom. The fourth-order valence-corrected chi connectivity index (χ4v) is 2.48. The van der Waals surface area contributed by atoms with E-state index < -0.39 is 0 Å². The van der Waals surface area contributed by atoms with E-state index in [1.54, 1.807) is 7.11 Å². The third-order valence-corrected chi connectivity index (χ3v) is 3.19. The summed E-state index contributed by atoms with van der Waals surface area (Å²) in [7, 11) is 1.74. The van der Waals surface area contributed by atoms with Crippen LogP contribution in [0.15, 0.2) is 0 Å². The molecule has 0 aliphatic heterocycles. The number of hydrogen-bond acceptors (Lipinski definition) is 2. The van der Waals surface area contributed by atoms with Crippen molar-refractivity contribution in [3.8, 4) is 0 Å². The summed E-state index contributed by atoms with van der Waals surface area (Å²) in [5.74, 6) is 0.398. The maximum absolute atomic E-state index is 11.9. The van der Waals surface area contributed by atoms with E-state index in [-0.39, 0.29) is 11.0 Å². The van der Waals surface area contributed by atoms with Crippen molar-refractivity contribution in [3.05, 3.63) is 0 Å². The molecule has 0 N–H and O–H groups in total. The molecular formula is C15H30O2. The molecule has 0 amide bonds. The first-order valence-electron chi connectivity index (χ1n) is 6.79. The zero-order valence-electron chi connectivity index (χ0n) is 12.6. The molecule has 102 valence electrons. The first-order valence-corrected chi connectivity index (χ1v) is 6.79. The molecule has 0 unspecified atom stereocenters. The number of rotatable bonds is 9. The molecule has 0 bridgehead atoms. The van der Waals surface area contributed by atoms with Crippen molar-refractivity contribution in [3.63, 3.8) is 0 Å². The second kappa shape index (κ2) is 7.15. The van der Waals surface area contributed by atoms with Gasteiger partial charge in [-0.15, -0.1) is 0 Å². The molecule has 0 fully saturated rings. The summed E-state index contributed by atoms with van der Waals surface area (Å²) >= 11 is 0. The number of Topliss-reactive ketones (excluding diaryl/α,β-unsaturated/α-hetero) is 1. The molecule has 0 rings (SSSR count). The number of methoxy groups -OCH3 is 1. The first-order chi connectivity index (χ1) is 7.72. The van der Waals surface area contributed by atoms with Crippen molar-refractivity contribution in [1.29, 1.82) is 0 Å². The van der Waals surface area contributed by atoms with Gasteiger partial charge in [0, 0.05) is 20.0 Å². The van der Waals surface area contributed by atoms with Crippen molar-refractivity contribution in [2.24, 2.45) is 5.41 Å². The van der Waals surface area contributed by atoms with Gasteiger partial charge in [0.05, 0.1) is 5.60 Å². The standard InChI is InChI=1S/C15H30O2/c1-7-8-9-10-13(16)11-14(2,3)12-15(4,5)17-6/h7-12H2,1-6H3. The molecule has 0 atom stereocenters. The molecule has 0 aliphatic rings. The summed E-state index contributed by atoms with van der Waals surface area (Å²) in [5.41, 5.74) is -0.115. The zero-order chi connectivity index (χ0) is 13.5. The Morgan fingerprint density at radius 1 is 1.12 bits per heavy atom. The third kappa shape index (κ3) is 8.37. The molecular weight excluding hydrogens is 212 g/mol. The average Bonchev–Trinajstić information content (AvgIpc) is 2.15. The van der Waals surface area contributed by atoms with Gasteiger partial charge in [-0.3, -0.25) is 4.79 Å². The van der Waals surface area contributed by atoms with Gasteiger partial charge >= 0.3 is 0 Å². The number of ether oxygens (including phenoxy) is 1. The van der Waals surface area contributed by atoms with E-state index in [1.807, 2.05) is 0 Å². The fourth-order valence-electron chi connectivity index (χ4n) is 2.48. The molecule has 0 saturated heterocycles.